The van der Waals surface area contributed by atoms with Gasteiger partial charge in [0.2, 0.25) is 5.75 Å². The second-order valence-electron chi connectivity index (χ2n) is 6.84. The van der Waals surface area contributed by atoms with E-state index in [2.05, 4.69) is 0 Å². The zero-order valence-corrected chi connectivity index (χ0v) is 19.3. The molecule has 0 radical (unpaired) electrons. The van der Waals surface area contributed by atoms with Crippen LogP contribution in [0, 0.1) is 20.2 Å². The molecule has 0 aromatic heterocycles. The number of anilines is 1. The van der Waals surface area contributed by atoms with Crippen molar-refractivity contribution in [2.45, 2.75) is 0 Å². The standard InChI is InChI=1S/C22H12ClN3O6S2/c23-14-4-2-5-15(11-14)24-21(27)20(34-22(24)33)10-13-3-1-6-17(9-13)32-19-8-7-16(25(28)29)12-18(19)26(30)31/h1-12H. The van der Waals surface area contributed by atoms with Gasteiger partial charge in [-0.15, -0.1) is 0 Å². The number of benzene rings is 3. The Morgan fingerprint density at radius 2 is 1.76 bits per heavy atom. The molecule has 1 fully saturated rings. The van der Waals surface area contributed by atoms with E-state index in [4.69, 9.17) is 28.6 Å². The molecule has 0 N–H and O–H groups in total. The van der Waals surface area contributed by atoms with Crippen LogP contribution in [0.5, 0.6) is 11.5 Å². The van der Waals surface area contributed by atoms with Crippen LogP contribution in [-0.2, 0) is 4.79 Å². The zero-order chi connectivity index (χ0) is 24.4. The first-order chi connectivity index (χ1) is 16.2. The van der Waals surface area contributed by atoms with Crippen molar-refractivity contribution in [2.24, 2.45) is 0 Å². The monoisotopic (exact) mass is 513 g/mol. The molecule has 170 valence electrons. The van der Waals surface area contributed by atoms with Crippen molar-refractivity contribution in [1.29, 1.82) is 0 Å². The Balaban J connectivity index is 1.60. The number of carbonyl (C=O) groups is 1. The van der Waals surface area contributed by atoms with E-state index in [0.717, 1.165) is 23.9 Å². The third-order valence-corrected chi connectivity index (χ3v) is 6.13. The van der Waals surface area contributed by atoms with Crippen LogP contribution in [0.15, 0.2) is 71.6 Å². The van der Waals surface area contributed by atoms with Gasteiger partial charge in [-0.1, -0.05) is 53.8 Å². The Hall–Kier alpha value is -3.80. The Bertz CT molecular complexity index is 1390. The first-order valence-electron chi connectivity index (χ1n) is 9.47. The summed E-state index contributed by atoms with van der Waals surface area (Å²) < 4.78 is 5.98. The van der Waals surface area contributed by atoms with Gasteiger partial charge in [-0.25, -0.2) is 0 Å². The van der Waals surface area contributed by atoms with Crippen LogP contribution in [0.2, 0.25) is 5.02 Å². The summed E-state index contributed by atoms with van der Waals surface area (Å²) in [5.41, 5.74) is 0.186. The molecule has 1 saturated heterocycles. The molecule has 3 aromatic rings. The minimum absolute atomic E-state index is 0.153. The number of carbonyl (C=O) groups excluding carboxylic acids is 1. The fourth-order valence-electron chi connectivity index (χ4n) is 3.10. The smallest absolute Gasteiger partial charge is 0.318 e. The molecule has 9 nitrogen and oxygen atoms in total. The predicted molar refractivity (Wildman–Crippen MR) is 133 cm³/mol. The SMILES string of the molecule is O=C1C(=Cc2cccc(Oc3ccc([N+](=O)[O-])cc3[N+](=O)[O-])c2)SC(=S)N1c1cccc(Cl)c1. The molecule has 0 spiro atoms. The van der Waals surface area contributed by atoms with E-state index in [1.54, 1.807) is 54.6 Å². The van der Waals surface area contributed by atoms with Gasteiger partial charge < -0.3 is 4.74 Å². The molecule has 34 heavy (non-hydrogen) atoms. The second-order valence-corrected chi connectivity index (χ2v) is 8.95. The van der Waals surface area contributed by atoms with Gasteiger partial charge in [0.15, 0.2) is 4.32 Å². The lowest BCUT2D eigenvalue weighted by atomic mass is 10.2. The van der Waals surface area contributed by atoms with Crippen molar-refractivity contribution in [3.8, 4) is 11.5 Å². The molecule has 0 unspecified atom stereocenters. The average Bonchev–Trinajstić information content (AvgIpc) is 3.06. The van der Waals surface area contributed by atoms with Crippen molar-refractivity contribution in [2.75, 3.05) is 4.90 Å². The summed E-state index contributed by atoms with van der Waals surface area (Å²) in [6, 6.07) is 16.4. The Morgan fingerprint density at radius 1 is 1.00 bits per heavy atom. The molecule has 4 rings (SSSR count). The van der Waals surface area contributed by atoms with E-state index in [-0.39, 0.29) is 17.4 Å². The number of hydrogen-bond donors (Lipinski definition) is 0. The van der Waals surface area contributed by atoms with Gasteiger partial charge in [0, 0.05) is 11.1 Å². The van der Waals surface area contributed by atoms with Crippen molar-refractivity contribution in [1.82, 2.24) is 0 Å². The number of nitro benzene ring substituents is 2. The maximum atomic E-state index is 13.0. The maximum Gasteiger partial charge on any atom is 0.318 e. The fourth-order valence-corrected chi connectivity index (χ4v) is 4.58. The molecule has 0 saturated carbocycles. The van der Waals surface area contributed by atoms with E-state index in [0.29, 0.717) is 25.5 Å². The van der Waals surface area contributed by atoms with Crippen molar-refractivity contribution in [3.05, 3.63) is 102 Å². The molecule has 0 atom stereocenters. The average molecular weight is 514 g/mol. The largest absolute Gasteiger partial charge is 0.450 e. The Morgan fingerprint density at radius 3 is 2.47 bits per heavy atom. The molecule has 0 aliphatic carbocycles. The van der Waals surface area contributed by atoms with Crippen LogP contribution in [0.1, 0.15) is 5.56 Å². The molecule has 1 aliphatic heterocycles. The molecular formula is C22H12ClN3O6S2. The van der Waals surface area contributed by atoms with Gasteiger partial charge in [0.1, 0.15) is 5.75 Å². The number of non-ortho nitro benzene ring substituents is 1. The number of halogens is 1. The van der Waals surface area contributed by atoms with Gasteiger partial charge in [0.05, 0.1) is 26.5 Å². The number of nitro groups is 2. The fraction of sp³-hybridized carbons (Fsp3) is 0. The first kappa shape index (κ1) is 23.4. The Labute approximate surface area is 206 Å². The lowest BCUT2D eigenvalue weighted by Crippen LogP contribution is -2.27. The van der Waals surface area contributed by atoms with Crippen molar-refractivity contribution >= 4 is 68.9 Å². The number of thiocarbonyl (C=S) groups is 1. The second kappa shape index (κ2) is 9.59. The lowest BCUT2D eigenvalue weighted by Gasteiger charge is -2.14. The van der Waals surface area contributed by atoms with Gasteiger partial charge in [-0.2, -0.15) is 0 Å². The van der Waals surface area contributed by atoms with Crippen LogP contribution in [0.25, 0.3) is 6.08 Å². The summed E-state index contributed by atoms with van der Waals surface area (Å²) >= 11 is 12.5. The number of hydrogen-bond acceptors (Lipinski definition) is 8. The number of thioether (sulfide) groups is 1. The van der Waals surface area contributed by atoms with Crippen LogP contribution >= 0.6 is 35.6 Å². The predicted octanol–water partition coefficient (Wildman–Crippen LogP) is 6.35. The molecule has 0 bridgehead atoms. The number of amides is 1. The van der Waals surface area contributed by atoms with Gasteiger partial charge in [-0.05, 0) is 48.0 Å². The third-order valence-electron chi connectivity index (χ3n) is 4.59. The quantitative estimate of drug-likeness (QED) is 0.162. The highest BCUT2D eigenvalue weighted by atomic mass is 35.5. The van der Waals surface area contributed by atoms with Gasteiger partial charge in [0.25, 0.3) is 11.6 Å². The molecule has 3 aromatic carbocycles. The highest BCUT2D eigenvalue weighted by Gasteiger charge is 2.33. The minimum Gasteiger partial charge on any atom is -0.450 e. The van der Waals surface area contributed by atoms with E-state index in [1.807, 2.05) is 0 Å². The van der Waals surface area contributed by atoms with E-state index in [9.17, 15) is 25.0 Å². The molecule has 1 heterocycles. The van der Waals surface area contributed by atoms with Crippen molar-refractivity contribution in [3.63, 3.8) is 0 Å². The molecule has 1 amide bonds. The molecule has 12 heteroatoms. The number of rotatable bonds is 6. The lowest BCUT2D eigenvalue weighted by molar-refractivity contribution is -0.394. The number of nitrogens with zero attached hydrogens (tertiary/aromatic N) is 3. The minimum atomic E-state index is -0.757. The maximum absolute atomic E-state index is 13.0. The summed E-state index contributed by atoms with van der Waals surface area (Å²) in [6.07, 6.45) is 1.63. The number of ether oxygens (including phenoxy) is 1. The normalized spacial score (nSPS) is 14.5. The first-order valence-corrected chi connectivity index (χ1v) is 11.1. The van der Waals surface area contributed by atoms with Gasteiger partial charge >= 0.3 is 5.69 Å². The summed E-state index contributed by atoms with van der Waals surface area (Å²) in [4.78, 5) is 35.5. The highest BCUT2D eigenvalue weighted by molar-refractivity contribution is 8.27. The zero-order valence-electron chi connectivity index (χ0n) is 16.9. The van der Waals surface area contributed by atoms with E-state index >= 15 is 0 Å². The van der Waals surface area contributed by atoms with Gasteiger partial charge in [-0.3, -0.25) is 29.9 Å². The highest BCUT2D eigenvalue weighted by Crippen LogP contribution is 2.38. The molecular weight excluding hydrogens is 502 g/mol. The topological polar surface area (TPSA) is 116 Å². The van der Waals surface area contributed by atoms with E-state index in [1.165, 1.54) is 11.0 Å². The summed E-state index contributed by atoms with van der Waals surface area (Å²) in [5, 5.41) is 22.7. The van der Waals surface area contributed by atoms with Crippen LogP contribution in [-0.4, -0.2) is 20.1 Å². The van der Waals surface area contributed by atoms with E-state index < -0.39 is 21.2 Å². The summed E-state index contributed by atoms with van der Waals surface area (Å²) in [6.45, 7) is 0. The van der Waals surface area contributed by atoms with Crippen molar-refractivity contribution < 1.29 is 19.4 Å². The van der Waals surface area contributed by atoms with Crippen LogP contribution in [0.4, 0.5) is 17.1 Å². The third kappa shape index (κ3) is 4.91. The van der Waals surface area contributed by atoms with Crippen LogP contribution < -0.4 is 9.64 Å². The van der Waals surface area contributed by atoms with Crippen LogP contribution in [0.3, 0.4) is 0 Å². The Kier molecular flexibility index (Phi) is 6.59. The summed E-state index contributed by atoms with van der Waals surface area (Å²) in [7, 11) is 0. The molecule has 1 aliphatic rings. The summed E-state index contributed by atoms with van der Waals surface area (Å²) in [5.74, 6) is -0.217.